The first-order valence-electron chi connectivity index (χ1n) is 1.10. The van der Waals surface area contributed by atoms with Crippen LogP contribution in [0.2, 0.25) is 0 Å². The Labute approximate surface area is 117 Å². The molecule has 0 aliphatic heterocycles. The monoisotopic (exact) mass is 240 g/mol. The summed E-state index contributed by atoms with van der Waals surface area (Å²) in [5.74, 6) is 0. The molecular formula is H2Ca2O6P2. The van der Waals surface area contributed by atoms with Crippen LogP contribution in [0.5, 0.6) is 0 Å². The van der Waals surface area contributed by atoms with E-state index in [1.807, 2.05) is 0 Å². The Hall–Kier alpha value is 2.24. The van der Waals surface area contributed by atoms with Crippen molar-refractivity contribution in [2.75, 3.05) is 0 Å². The Morgan fingerprint density at radius 3 is 0.800 bits per heavy atom. The molecule has 0 aromatic carbocycles. The van der Waals surface area contributed by atoms with Gasteiger partial charge in [-0.2, -0.15) is 0 Å². The van der Waals surface area contributed by atoms with E-state index in [1.54, 1.807) is 0 Å². The van der Waals surface area contributed by atoms with Gasteiger partial charge in [0.2, 0.25) is 15.8 Å². The van der Waals surface area contributed by atoms with E-state index >= 15 is 0 Å². The van der Waals surface area contributed by atoms with Crippen LogP contribution in [0.3, 0.4) is 0 Å². The fraction of sp³-hybridized carbons (Fsp3) is 0. The van der Waals surface area contributed by atoms with E-state index in [0.717, 1.165) is 0 Å². The second kappa shape index (κ2) is 17.4. The van der Waals surface area contributed by atoms with Crippen LogP contribution in [-0.2, 0) is 18.3 Å². The van der Waals surface area contributed by atoms with Crippen LogP contribution in [0.15, 0.2) is 0 Å². The SMILES string of the molecule is O=P(=O)[O-].O=P(=O)[O-].[Ca+2].[CaH2]. The quantitative estimate of drug-likeness (QED) is 0.343. The van der Waals surface area contributed by atoms with Gasteiger partial charge in [-0.3, -0.25) is 18.3 Å². The summed E-state index contributed by atoms with van der Waals surface area (Å²) in [6, 6.07) is 0. The van der Waals surface area contributed by atoms with Crippen molar-refractivity contribution >= 4 is 91.3 Å². The molecule has 0 rings (SSSR count). The Morgan fingerprint density at radius 2 is 0.800 bits per heavy atom. The van der Waals surface area contributed by atoms with Crippen molar-refractivity contribution in [1.82, 2.24) is 0 Å². The van der Waals surface area contributed by atoms with Gasteiger partial charge in [0.15, 0.2) is 0 Å². The molecule has 0 aromatic rings. The van der Waals surface area contributed by atoms with E-state index in [2.05, 4.69) is 0 Å². The van der Waals surface area contributed by atoms with Crippen LogP contribution in [0, 0.1) is 0 Å². The van der Waals surface area contributed by atoms with Crippen molar-refractivity contribution in [2.45, 2.75) is 0 Å². The molecule has 0 saturated carbocycles. The van der Waals surface area contributed by atoms with E-state index in [-0.39, 0.29) is 75.5 Å². The van der Waals surface area contributed by atoms with E-state index in [1.165, 1.54) is 0 Å². The first-order valence-corrected chi connectivity index (χ1v) is 3.29. The van der Waals surface area contributed by atoms with Gasteiger partial charge in [-0.25, -0.2) is 0 Å². The zero-order valence-corrected chi connectivity index (χ0v) is 8.05. The molecule has 0 saturated heterocycles. The Balaban J connectivity index is -0.0000000300. The Bertz CT molecular complexity index is 131. The van der Waals surface area contributed by atoms with Crippen molar-refractivity contribution in [2.24, 2.45) is 0 Å². The van der Waals surface area contributed by atoms with Gasteiger partial charge in [-0.05, 0) is 0 Å². The number of hydrogen-bond donors (Lipinski definition) is 0. The molecule has 0 aliphatic carbocycles. The van der Waals surface area contributed by atoms with E-state index in [0.29, 0.717) is 0 Å². The minimum atomic E-state index is -3.37. The van der Waals surface area contributed by atoms with E-state index < -0.39 is 15.8 Å². The molecule has 6 nitrogen and oxygen atoms in total. The molecule has 0 N–H and O–H groups in total. The van der Waals surface area contributed by atoms with Crippen LogP contribution in [-0.4, -0.2) is 75.5 Å². The normalized spacial score (nSPS) is 5.00. The predicted octanol–water partition coefficient (Wildman–Crippen LogP) is -2.43. The van der Waals surface area contributed by atoms with Crippen LogP contribution in [0.1, 0.15) is 0 Å². The Morgan fingerprint density at radius 1 is 0.800 bits per heavy atom. The summed E-state index contributed by atoms with van der Waals surface area (Å²) >= 11 is 0. The molecule has 0 radical (unpaired) electrons. The van der Waals surface area contributed by atoms with Crippen LogP contribution >= 0.6 is 15.8 Å². The van der Waals surface area contributed by atoms with Crippen LogP contribution < -0.4 is 9.79 Å². The maximum absolute atomic E-state index is 8.48. The molecule has 0 heterocycles. The van der Waals surface area contributed by atoms with Crippen LogP contribution in [0.4, 0.5) is 0 Å². The topological polar surface area (TPSA) is 114 Å². The van der Waals surface area contributed by atoms with Gasteiger partial charge in [0.1, 0.15) is 0 Å². The van der Waals surface area contributed by atoms with E-state index in [4.69, 9.17) is 28.0 Å². The van der Waals surface area contributed by atoms with Gasteiger partial charge in [0.05, 0.1) is 0 Å². The van der Waals surface area contributed by atoms with Crippen molar-refractivity contribution < 1.29 is 28.0 Å². The third-order valence-corrected chi connectivity index (χ3v) is 0. The third-order valence-electron chi connectivity index (χ3n) is 0. The predicted molar refractivity (Wildman–Crippen MR) is 30.9 cm³/mol. The molecule has 0 amide bonds. The second-order valence-corrected chi connectivity index (χ2v) is 1.34. The van der Waals surface area contributed by atoms with Gasteiger partial charge in [0.25, 0.3) is 0 Å². The molecule has 0 aliphatic rings. The fourth-order valence-electron chi connectivity index (χ4n) is 0. The molecular weight excluding hydrogens is 238 g/mol. The summed E-state index contributed by atoms with van der Waals surface area (Å²) in [6.45, 7) is 0. The van der Waals surface area contributed by atoms with Crippen molar-refractivity contribution in [3.05, 3.63) is 0 Å². The molecule has 0 aromatic heterocycles. The molecule has 0 spiro atoms. The number of rotatable bonds is 0. The van der Waals surface area contributed by atoms with Crippen molar-refractivity contribution in [3.63, 3.8) is 0 Å². The van der Waals surface area contributed by atoms with Crippen LogP contribution in [0.25, 0.3) is 0 Å². The summed E-state index contributed by atoms with van der Waals surface area (Å²) in [4.78, 5) is 17.0. The van der Waals surface area contributed by atoms with Gasteiger partial charge in [-0.15, -0.1) is 0 Å². The molecule has 10 heteroatoms. The summed E-state index contributed by atoms with van der Waals surface area (Å²) in [6.07, 6.45) is 0. The summed E-state index contributed by atoms with van der Waals surface area (Å²) < 4.78 is 33.9. The van der Waals surface area contributed by atoms with Gasteiger partial charge in [-0.1, -0.05) is 0 Å². The second-order valence-electron chi connectivity index (χ2n) is 0.447. The number of hydrogen-bond acceptors (Lipinski definition) is 6. The minimum absolute atomic E-state index is 0. The van der Waals surface area contributed by atoms with Gasteiger partial charge in [0, 0.05) is 0 Å². The van der Waals surface area contributed by atoms with Gasteiger partial charge < -0.3 is 9.79 Å². The van der Waals surface area contributed by atoms with Crippen molar-refractivity contribution in [3.8, 4) is 0 Å². The molecule has 0 fully saturated rings. The zero-order valence-electron chi connectivity index (χ0n) is 4.05. The summed E-state index contributed by atoms with van der Waals surface area (Å²) in [5, 5.41) is 0. The molecule has 10 heavy (non-hydrogen) atoms. The molecule has 0 bridgehead atoms. The fourth-order valence-corrected chi connectivity index (χ4v) is 0. The zero-order chi connectivity index (χ0) is 7.15. The summed E-state index contributed by atoms with van der Waals surface area (Å²) in [5.41, 5.74) is 0. The average Bonchev–Trinajstić information content (AvgIpc) is 1.25. The molecule has 52 valence electrons. The summed E-state index contributed by atoms with van der Waals surface area (Å²) in [7, 11) is -6.74. The standard InChI is InChI=1S/2Ca.2HO3P.2H/c;;2*1-4(2)3;;/h;;2*(H,1,2,3);;/q;+2;;;;/p-2. The molecule has 0 atom stereocenters. The van der Waals surface area contributed by atoms with Crippen molar-refractivity contribution in [1.29, 1.82) is 0 Å². The average molecular weight is 240 g/mol. The molecule has 0 unspecified atom stereocenters. The Kier molecular flexibility index (Phi) is 39.5. The first-order chi connectivity index (χ1) is 3.46. The van der Waals surface area contributed by atoms with E-state index in [9.17, 15) is 0 Å². The maximum atomic E-state index is 8.48. The first kappa shape index (κ1) is 22.8. The third kappa shape index (κ3) is 174. The van der Waals surface area contributed by atoms with Gasteiger partial charge >= 0.3 is 75.5 Å².